The molecule has 0 aromatic heterocycles. The highest BCUT2D eigenvalue weighted by molar-refractivity contribution is 8.00. The van der Waals surface area contributed by atoms with Gasteiger partial charge in [0.25, 0.3) is 11.8 Å². The van der Waals surface area contributed by atoms with Crippen LogP contribution in [0.3, 0.4) is 0 Å². The first-order valence-electron chi connectivity index (χ1n) is 13.6. The summed E-state index contributed by atoms with van der Waals surface area (Å²) in [6, 6.07) is 26.6. The lowest BCUT2D eigenvalue weighted by Crippen LogP contribution is -2.30. The average molecular weight is 630 g/mol. The van der Waals surface area contributed by atoms with Crippen molar-refractivity contribution >= 4 is 58.5 Å². The van der Waals surface area contributed by atoms with Crippen molar-refractivity contribution in [3.8, 4) is 11.5 Å². The summed E-state index contributed by atoms with van der Waals surface area (Å²) < 4.78 is 10.6. The van der Waals surface area contributed by atoms with Crippen LogP contribution < -0.4 is 25.4 Å². The zero-order valence-electron chi connectivity index (χ0n) is 24.6. The van der Waals surface area contributed by atoms with Gasteiger partial charge in [-0.25, -0.2) is 0 Å². The molecule has 0 spiro atoms. The SMILES string of the molecule is COc1cc(OC)c(NC(=O)C(C)Sc2ccc(NC(=O)/C(=C/c3ccccc3C)NC(=O)c3ccccc3)cc2)cc1Cl. The maximum absolute atomic E-state index is 13.4. The van der Waals surface area contributed by atoms with Gasteiger partial charge in [-0.2, -0.15) is 0 Å². The number of nitrogens with one attached hydrogen (secondary N) is 3. The van der Waals surface area contributed by atoms with E-state index in [1.807, 2.05) is 49.4 Å². The molecule has 0 bridgehead atoms. The molecular formula is C34H32ClN3O5S. The number of methoxy groups -OCH3 is 2. The number of hydrogen-bond acceptors (Lipinski definition) is 6. The van der Waals surface area contributed by atoms with Crippen molar-refractivity contribution in [2.45, 2.75) is 24.0 Å². The zero-order chi connectivity index (χ0) is 31.6. The molecule has 3 N–H and O–H groups in total. The molecule has 3 amide bonds. The van der Waals surface area contributed by atoms with E-state index in [1.165, 1.54) is 26.0 Å². The molecule has 0 aliphatic rings. The van der Waals surface area contributed by atoms with Crippen LogP contribution in [-0.2, 0) is 9.59 Å². The molecule has 1 atom stereocenters. The maximum atomic E-state index is 13.4. The number of carbonyl (C=O) groups excluding carboxylic acids is 3. The highest BCUT2D eigenvalue weighted by Crippen LogP contribution is 2.36. The molecule has 0 aliphatic heterocycles. The molecule has 4 aromatic carbocycles. The van der Waals surface area contributed by atoms with Crippen molar-refractivity contribution in [3.05, 3.63) is 118 Å². The molecule has 10 heteroatoms. The minimum Gasteiger partial charge on any atom is -0.495 e. The number of rotatable bonds is 11. The van der Waals surface area contributed by atoms with Gasteiger partial charge < -0.3 is 25.4 Å². The fourth-order valence-electron chi connectivity index (χ4n) is 4.11. The molecule has 1 unspecified atom stereocenters. The van der Waals surface area contributed by atoms with Crippen LogP contribution in [0.25, 0.3) is 6.08 Å². The van der Waals surface area contributed by atoms with E-state index >= 15 is 0 Å². The maximum Gasteiger partial charge on any atom is 0.272 e. The van der Waals surface area contributed by atoms with Gasteiger partial charge in [-0.3, -0.25) is 14.4 Å². The molecule has 4 aromatic rings. The number of hydrogen-bond donors (Lipinski definition) is 3. The number of anilines is 2. The summed E-state index contributed by atoms with van der Waals surface area (Å²) in [5, 5.41) is 8.35. The van der Waals surface area contributed by atoms with Crippen LogP contribution in [0.2, 0.25) is 5.02 Å². The van der Waals surface area contributed by atoms with Gasteiger partial charge in [0.05, 0.1) is 30.2 Å². The molecule has 0 fully saturated rings. The molecule has 0 saturated carbocycles. The first-order valence-corrected chi connectivity index (χ1v) is 14.9. The van der Waals surface area contributed by atoms with Crippen LogP contribution in [0.4, 0.5) is 11.4 Å². The summed E-state index contributed by atoms with van der Waals surface area (Å²) in [7, 11) is 2.99. The standard InChI is InChI=1S/C34H32ClN3O5S/c1-21-10-8-9-13-24(21)18-29(38-33(40)23-11-6-5-7-12-23)34(41)36-25-14-16-26(17-15-25)44-22(2)32(39)37-28-19-27(35)30(42-3)20-31(28)43-4/h5-20,22H,1-4H3,(H,36,41)(H,37,39)(H,38,40)/b29-18-. The summed E-state index contributed by atoms with van der Waals surface area (Å²) in [6.45, 7) is 3.71. The second-order valence-corrected chi connectivity index (χ2v) is 11.5. The van der Waals surface area contributed by atoms with E-state index in [-0.39, 0.29) is 11.6 Å². The van der Waals surface area contributed by atoms with Gasteiger partial charge in [-0.1, -0.05) is 54.1 Å². The first-order chi connectivity index (χ1) is 21.2. The third-order valence-corrected chi connectivity index (χ3v) is 7.95. The average Bonchev–Trinajstić information content (AvgIpc) is 3.03. The minimum absolute atomic E-state index is 0.103. The third kappa shape index (κ3) is 8.43. The fraction of sp³-hybridized carbons (Fsp3) is 0.147. The monoisotopic (exact) mass is 629 g/mol. The Balaban J connectivity index is 1.44. The highest BCUT2D eigenvalue weighted by atomic mass is 35.5. The Morgan fingerprint density at radius 2 is 1.50 bits per heavy atom. The van der Waals surface area contributed by atoms with Crippen LogP contribution in [0.5, 0.6) is 11.5 Å². The molecule has 0 saturated heterocycles. The Bertz CT molecular complexity index is 1680. The number of aryl methyl sites for hydroxylation is 1. The smallest absolute Gasteiger partial charge is 0.272 e. The van der Waals surface area contributed by atoms with Crippen molar-refractivity contribution in [2.24, 2.45) is 0 Å². The molecule has 44 heavy (non-hydrogen) atoms. The van der Waals surface area contributed by atoms with Gasteiger partial charge in [-0.05, 0) is 73.5 Å². The van der Waals surface area contributed by atoms with Crippen LogP contribution in [-0.4, -0.2) is 37.2 Å². The predicted octanol–water partition coefficient (Wildman–Crippen LogP) is 7.19. The van der Waals surface area contributed by atoms with Gasteiger partial charge in [-0.15, -0.1) is 11.8 Å². The van der Waals surface area contributed by atoms with Gasteiger partial charge in [0.2, 0.25) is 5.91 Å². The number of amides is 3. The first kappa shape index (κ1) is 32.2. The van der Waals surface area contributed by atoms with Crippen LogP contribution in [0.15, 0.2) is 102 Å². The lowest BCUT2D eigenvalue weighted by Gasteiger charge is -2.16. The summed E-state index contributed by atoms with van der Waals surface area (Å²) >= 11 is 7.58. The molecule has 4 rings (SSSR count). The highest BCUT2D eigenvalue weighted by Gasteiger charge is 2.19. The quantitative estimate of drug-likeness (QED) is 0.120. The molecule has 0 heterocycles. The van der Waals surface area contributed by atoms with E-state index in [1.54, 1.807) is 61.5 Å². The molecule has 8 nitrogen and oxygen atoms in total. The van der Waals surface area contributed by atoms with Gasteiger partial charge in [0, 0.05) is 22.2 Å². The van der Waals surface area contributed by atoms with Crippen molar-refractivity contribution in [2.75, 3.05) is 24.9 Å². The van der Waals surface area contributed by atoms with E-state index in [4.69, 9.17) is 21.1 Å². The normalized spacial score (nSPS) is 11.7. The Morgan fingerprint density at radius 1 is 0.841 bits per heavy atom. The van der Waals surface area contributed by atoms with Crippen molar-refractivity contribution in [1.82, 2.24) is 5.32 Å². The number of ether oxygens (including phenoxy) is 2. The van der Waals surface area contributed by atoms with Crippen molar-refractivity contribution in [3.63, 3.8) is 0 Å². The lowest BCUT2D eigenvalue weighted by molar-refractivity contribution is -0.115. The van der Waals surface area contributed by atoms with E-state index in [0.717, 1.165) is 16.0 Å². The number of benzene rings is 4. The van der Waals surface area contributed by atoms with Crippen molar-refractivity contribution < 1.29 is 23.9 Å². The largest absolute Gasteiger partial charge is 0.495 e. The predicted molar refractivity (Wildman–Crippen MR) is 177 cm³/mol. The Hall–Kier alpha value is -4.73. The number of halogens is 1. The molecule has 0 radical (unpaired) electrons. The van der Waals surface area contributed by atoms with E-state index in [2.05, 4.69) is 16.0 Å². The van der Waals surface area contributed by atoms with Crippen LogP contribution >= 0.6 is 23.4 Å². The second-order valence-electron chi connectivity index (χ2n) is 9.65. The number of carbonyl (C=O) groups is 3. The molecular weight excluding hydrogens is 598 g/mol. The van der Waals surface area contributed by atoms with Crippen molar-refractivity contribution in [1.29, 1.82) is 0 Å². The third-order valence-electron chi connectivity index (χ3n) is 6.54. The number of thioether (sulfide) groups is 1. The van der Waals surface area contributed by atoms with Gasteiger partial charge in [0.1, 0.15) is 17.2 Å². The second kappa shape index (κ2) is 15.1. The van der Waals surface area contributed by atoms with Crippen LogP contribution in [0, 0.1) is 6.92 Å². The summed E-state index contributed by atoms with van der Waals surface area (Å²) in [4.78, 5) is 40.0. The fourth-order valence-corrected chi connectivity index (χ4v) is 5.22. The lowest BCUT2D eigenvalue weighted by atomic mass is 10.1. The topological polar surface area (TPSA) is 106 Å². The molecule has 226 valence electrons. The Labute approximate surface area is 265 Å². The van der Waals surface area contributed by atoms with Gasteiger partial charge >= 0.3 is 0 Å². The molecule has 0 aliphatic carbocycles. The van der Waals surface area contributed by atoms with E-state index < -0.39 is 17.1 Å². The van der Waals surface area contributed by atoms with E-state index in [9.17, 15) is 14.4 Å². The van der Waals surface area contributed by atoms with E-state index in [0.29, 0.717) is 33.5 Å². The Kier molecular flexibility index (Phi) is 11.1. The van der Waals surface area contributed by atoms with Crippen LogP contribution in [0.1, 0.15) is 28.4 Å². The Morgan fingerprint density at radius 3 is 2.16 bits per heavy atom. The minimum atomic E-state index is -0.474. The summed E-state index contributed by atoms with van der Waals surface area (Å²) in [5.41, 5.74) is 3.26. The summed E-state index contributed by atoms with van der Waals surface area (Å²) in [6.07, 6.45) is 1.65. The van der Waals surface area contributed by atoms with Gasteiger partial charge in [0.15, 0.2) is 0 Å². The zero-order valence-corrected chi connectivity index (χ0v) is 26.2. The summed E-state index contributed by atoms with van der Waals surface area (Å²) in [5.74, 6) is -0.251.